The molecule has 1 amide bonds. The van der Waals surface area contributed by atoms with Crippen molar-refractivity contribution < 1.29 is 9.21 Å². The van der Waals surface area contributed by atoms with Crippen molar-refractivity contribution in [3.05, 3.63) is 54.0 Å². The molecule has 0 saturated carbocycles. The number of amides is 1. The highest BCUT2D eigenvalue weighted by atomic mass is 16.3. The van der Waals surface area contributed by atoms with Crippen molar-refractivity contribution >= 4 is 5.91 Å². The predicted octanol–water partition coefficient (Wildman–Crippen LogP) is 3.61. The molecule has 0 aliphatic heterocycles. The molecule has 0 saturated heterocycles. The Morgan fingerprint density at radius 1 is 1.28 bits per heavy atom. The Hall–Kier alpha value is -2.89. The maximum Gasteiger partial charge on any atom is 0.290 e. The summed E-state index contributed by atoms with van der Waals surface area (Å²) >= 11 is 0. The molecule has 25 heavy (non-hydrogen) atoms. The van der Waals surface area contributed by atoms with Gasteiger partial charge in [0.15, 0.2) is 11.6 Å². The lowest BCUT2D eigenvalue weighted by Gasteiger charge is -2.05. The molecule has 2 aromatic heterocycles. The van der Waals surface area contributed by atoms with E-state index in [4.69, 9.17) is 4.42 Å². The first-order valence-electron chi connectivity index (χ1n) is 8.41. The van der Waals surface area contributed by atoms with E-state index in [9.17, 15) is 4.79 Å². The number of carbonyl (C=O) groups is 1. The first-order chi connectivity index (χ1) is 12.0. The van der Waals surface area contributed by atoms with Crippen LogP contribution in [0.25, 0.3) is 17.3 Å². The van der Waals surface area contributed by atoms with Crippen LogP contribution in [0.3, 0.4) is 0 Å². The number of nitrogens with zero attached hydrogens (tertiary/aromatic N) is 3. The standard InChI is InChI=1S/C19H22N4O2/c1-13(2)9-10-20-19(24)17-21-18(16-8-5-11-25-16)23(22-17)15-7-4-6-14(3)12-15/h4-8,11-13H,9-10H2,1-3H3,(H,20,24). The van der Waals surface area contributed by atoms with Crippen LogP contribution in [0.5, 0.6) is 0 Å². The highest BCUT2D eigenvalue weighted by molar-refractivity contribution is 5.90. The van der Waals surface area contributed by atoms with Gasteiger partial charge >= 0.3 is 0 Å². The summed E-state index contributed by atoms with van der Waals surface area (Å²) in [6, 6.07) is 11.5. The summed E-state index contributed by atoms with van der Waals surface area (Å²) in [5.74, 6) is 1.45. The maximum absolute atomic E-state index is 12.4. The molecule has 0 unspecified atom stereocenters. The fourth-order valence-electron chi connectivity index (χ4n) is 2.47. The third-order valence-corrected chi connectivity index (χ3v) is 3.81. The minimum absolute atomic E-state index is 0.136. The van der Waals surface area contributed by atoms with Crippen LogP contribution in [0.15, 0.2) is 47.1 Å². The summed E-state index contributed by atoms with van der Waals surface area (Å²) < 4.78 is 7.10. The van der Waals surface area contributed by atoms with Gasteiger partial charge in [-0.1, -0.05) is 26.0 Å². The van der Waals surface area contributed by atoms with Crippen LogP contribution in [0.2, 0.25) is 0 Å². The summed E-state index contributed by atoms with van der Waals surface area (Å²) in [6.07, 6.45) is 2.49. The minimum Gasteiger partial charge on any atom is -0.461 e. The number of hydrogen-bond acceptors (Lipinski definition) is 4. The van der Waals surface area contributed by atoms with Gasteiger partial charge in [0, 0.05) is 6.54 Å². The van der Waals surface area contributed by atoms with Crippen molar-refractivity contribution in [3.8, 4) is 17.3 Å². The van der Waals surface area contributed by atoms with Gasteiger partial charge in [-0.2, -0.15) is 4.98 Å². The Labute approximate surface area is 146 Å². The second-order valence-electron chi connectivity index (χ2n) is 6.43. The largest absolute Gasteiger partial charge is 0.461 e. The number of carbonyl (C=O) groups excluding carboxylic acids is 1. The summed E-state index contributed by atoms with van der Waals surface area (Å²) in [7, 11) is 0. The maximum atomic E-state index is 12.4. The Balaban J connectivity index is 1.94. The van der Waals surface area contributed by atoms with E-state index in [1.807, 2.05) is 31.2 Å². The summed E-state index contributed by atoms with van der Waals surface area (Å²) in [6.45, 7) is 6.84. The highest BCUT2D eigenvalue weighted by Crippen LogP contribution is 2.22. The molecule has 0 aliphatic rings. The molecule has 3 rings (SSSR count). The molecule has 0 radical (unpaired) electrons. The summed E-state index contributed by atoms with van der Waals surface area (Å²) in [5.41, 5.74) is 1.93. The number of rotatable bonds is 6. The van der Waals surface area contributed by atoms with E-state index in [-0.39, 0.29) is 11.7 Å². The SMILES string of the molecule is Cc1cccc(-n2nc(C(=O)NCCC(C)C)nc2-c2ccco2)c1. The fraction of sp³-hybridized carbons (Fsp3) is 0.316. The van der Waals surface area contributed by atoms with Crippen LogP contribution in [0.1, 0.15) is 36.5 Å². The van der Waals surface area contributed by atoms with Crippen LogP contribution < -0.4 is 5.32 Å². The zero-order valence-electron chi connectivity index (χ0n) is 14.7. The van der Waals surface area contributed by atoms with E-state index >= 15 is 0 Å². The van der Waals surface area contributed by atoms with Crippen LogP contribution in [0, 0.1) is 12.8 Å². The van der Waals surface area contributed by atoms with E-state index in [0.29, 0.717) is 24.0 Å². The molecule has 0 aliphatic carbocycles. The van der Waals surface area contributed by atoms with E-state index in [1.165, 1.54) is 0 Å². The Kier molecular flexibility index (Phi) is 4.97. The average molecular weight is 338 g/mol. The number of benzene rings is 1. The van der Waals surface area contributed by atoms with Crippen molar-refractivity contribution in [3.63, 3.8) is 0 Å². The fourth-order valence-corrected chi connectivity index (χ4v) is 2.47. The Bertz CT molecular complexity index is 850. The predicted molar refractivity (Wildman–Crippen MR) is 95.6 cm³/mol. The molecule has 0 atom stereocenters. The van der Waals surface area contributed by atoms with Gasteiger partial charge in [0.1, 0.15) is 0 Å². The van der Waals surface area contributed by atoms with Crippen molar-refractivity contribution in [2.24, 2.45) is 5.92 Å². The average Bonchev–Trinajstić information content (AvgIpc) is 3.23. The normalized spacial score (nSPS) is 11.0. The molecule has 1 N–H and O–H groups in total. The second kappa shape index (κ2) is 7.34. The molecule has 6 heteroatoms. The molecular formula is C19H22N4O2. The second-order valence-corrected chi connectivity index (χ2v) is 6.43. The lowest BCUT2D eigenvalue weighted by atomic mass is 10.1. The topological polar surface area (TPSA) is 73.0 Å². The van der Waals surface area contributed by atoms with Crippen LogP contribution in [0.4, 0.5) is 0 Å². The zero-order chi connectivity index (χ0) is 17.8. The smallest absolute Gasteiger partial charge is 0.290 e. The van der Waals surface area contributed by atoms with Gasteiger partial charge in [-0.3, -0.25) is 4.79 Å². The first-order valence-corrected chi connectivity index (χ1v) is 8.41. The van der Waals surface area contributed by atoms with E-state index in [1.54, 1.807) is 23.1 Å². The zero-order valence-corrected chi connectivity index (χ0v) is 14.7. The van der Waals surface area contributed by atoms with Crippen LogP contribution in [-0.4, -0.2) is 27.2 Å². The van der Waals surface area contributed by atoms with Crippen LogP contribution in [-0.2, 0) is 0 Å². The van der Waals surface area contributed by atoms with Crippen molar-refractivity contribution in [2.45, 2.75) is 27.2 Å². The molecule has 130 valence electrons. The molecule has 6 nitrogen and oxygen atoms in total. The Morgan fingerprint density at radius 2 is 2.12 bits per heavy atom. The number of nitrogens with one attached hydrogen (secondary N) is 1. The third kappa shape index (κ3) is 3.96. The van der Waals surface area contributed by atoms with Crippen molar-refractivity contribution in [2.75, 3.05) is 6.54 Å². The van der Waals surface area contributed by atoms with Crippen molar-refractivity contribution in [1.29, 1.82) is 0 Å². The molecule has 0 bridgehead atoms. The Morgan fingerprint density at radius 3 is 2.80 bits per heavy atom. The first kappa shape index (κ1) is 17.0. The molecule has 3 aromatic rings. The van der Waals surface area contributed by atoms with E-state index in [0.717, 1.165) is 17.7 Å². The van der Waals surface area contributed by atoms with Gasteiger partial charge < -0.3 is 9.73 Å². The van der Waals surface area contributed by atoms with Gasteiger partial charge in [0.05, 0.1) is 12.0 Å². The highest BCUT2D eigenvalue weighted by Gasteiger charge is 2.20. The minimum atomic E-state index is -0.278. The van der Waals surface area contributed by atoms with E-state index < -0.39 is 0 Å². The van der Waals surface area contributed by atoms with Gasteiger partial charge in [-0.15, -0.1) is 5.10 Å². The van der Waals surface area contributed by atoms with Crippen LogP contribution >= 0.6 is 0 Å². The molecular weight excluding hydrogens is 316 g/mol. The quantitative estimate of drug-likeness (QED) is 0.745. The number of furan rings is 1. The summed E-state index contributed by atoms with van der Waals surface area (Å²) in [5, 5.41) is 7.28. The molecule has 2 heterocycles. The number of hydrogen-bond donors (Lipinski definition) is 1. The van der Waals surface area contributed by atoms with Gasteiger partial charge in [-0.05, 0) is 49.1 Å². The summed E-state index contributed by atoms with van der Waals surface area (Å²) in [4.78, 5) is 16.8. The third-order valence-electron chi connectivity index (χ3n) is 3.81. The van der Waals surface area contributed by atoms with Gasteiger partial charge in [0.25, 0.3) is 5.91 Å². The lowest BCUT2D eigenvalue weighted by Crippen LogP contribution is -2.26. The number of aromatic nitrogens is 3. The molecule has 0 spiro atoms. The molecule has 0 fully saturated rings. The monoisotopic (exact) mass is 338 g/mol. The van der Waals surface area contributed by atoms with E-state index in [2.05, 4.69) is 29.2 Å². The lowest BCUT2D eigenvalue weighted by molar-refractivity contribution is 0.0941. The number of aryl methyl sites for hydroxylation is 1. The van der Waals surface area contributed by atoms with Gasteiger partial charge in [-0.25, -0.2) is 4.68 Å². The van der Waals surface area contributed by atoms with Crippen molar-refractivity contribution in [1.82, 2.24) is 20.1 Å². The molecule has 1 aromatic carbocycles. The van der Waals surface area contributed by atoms with Gasteiger partial charge in [0.2, 0.25) is 5.82 Å².